The van der Waals surface area contributed by atoms with Crippen molar-refractivity contribution in [2.45, 2.75) is 25.4 Å². The zero-order valence-electron chi connectivity index (χ0n) is 12.7. The molecule has 1 aromatic carbocycles. The van der Waals surface area contributed by atoms with Crippen LogP contribution in [0, 0.1) is 0 Å². The van der Waals surface area contributed by atoms with Crippen molar-refractivity contribution in [2.75, 3.05) is 19.0 Å². The van der Waals surface area contributed by atoms with E-state index in [-0.39, 0.29) is 6.61 Å². The van der Waals surface area contributed by atoms with Gasteiger partial charge in [-0.05, 0) is 37.1 Å². The van der Waals surface area contributed by atoms with Crippen LogP contribution in [0.1, 0.15) is 36.0 Å². The molecule has 116 valence electrons. The van der Waals surface area contributed by atoms with E-state index in [0.717, 1.165) is 24.1 Å². The fourth-order valence-electron chi connectivity index (χ4n) is 1.96. The molecule has 2 aromatic rings. The third-order valence-electron chi connectivity index (χ3n) is 3.45. The molecule has 0 aliphatic heterocycles. The number of benzene rings is 1. The average molecular weight is 301 g/mol. The first kappa shape index (κ1) is 14.4. The molecule has 0 radical (unpaired) electrons. The maximum atomic E-state index is 5.90. The lowest BCUT2D eigenvalue weighted by Crippen LogP contribution is -2.14. The molecule has 3 rings (SSSR count). The number of amidine groups is 1. The van der Waals surface area contributed by atoms with E-state index < -0.39 is 0 Å². The lowest BCUT2D eigenvalue weighted by molar-refractivity contribution is 0.122. The van der Waals surface area contributed by atoms with Crippen molar-refractivity contribution in [3.05, 3.63) is 41.5 Å². The summed E-state index contributed by atoms with van der Waals surface area (Å²) in [5, 5.41) is 7.74. The van der Waals surface area contributed by atoms with Gasteiger partial charge in [0.15, 0.2) is 12.4 Å². The zero-order valence-corrected chi connectivity index (χ0v) is 12.7. The van der Waals surface area contributed by atoms with Crippen LogP contribution in [0.5, 0.6) is 0 Å². The number of anilines is 1. The van der Waals surface area contributed by atoms with Crippen LogP contribution in [0.2, 0.25) is 0 Å². The van der Waals surface area contributed by atoms with E-state index >= 15 is 0 Å². The standard InChI is InChI=1S/C15H19N5O2/c1-20(2)12-7-5-10(6-8-12)14(16)19-21-9-13-17-15(22-18-13)11-3-4-11/h5-8,11H,3-4,9H2,1-2H3,(H2,16,19). The quantitative estimate of drug-likeness (QED) is 0.497. The molecule has 22 heavy (non-hydrogen) atoms. The molecule has 7 heteroatoms. The molecular formula is C15H19N5O2. The van der Waals surface area contributed by atoms with E-state index in [4.69, 9.17) is 15.1 Å². The zero-order chi connectivity index (χ0) is 15.5. The van der Waals surface area contributed by atoms with Gasteiger partial charge in [-0.25, -0.2) is 0 Å². The molecular weight excluding hydrogens is 282 g/mol. The number of hydrogen-bond donors (Lipinski definition) is 1. The molecule has 1 saturated carbocycles. The Kier molecular flexibility index (Phi) is 3.95. The number of oxime groups is 1. The summed E-state index contributed by atoms with van der Waals surface area (Å²) in [5.41, 5.74) is 7.79. The number of rotatable bonds is 6. The van der Waals surface area contributed by atoms with Crippen molar-refractivity contribution in [1.82, 2.24) is 10.1 Å². The van der Waals surface area contributed by atoms with Gasteiger partial charge in [0.1, 0.15) is 0 Å². The second-order valence-electron chi connectivity index (χ2n) is 5.51. The Labute approximate surface area is 128 Å². The Hall–Kier alpha value is -2.57. The predicted molar refractivity (Wildman–Crippen MR) is 82.6 cm³/mol. The highest BCUT2D eigenvalue weighted by molar-refractivity contribution is 5.97. The Morgan fingerprint density at radius 1 is 1.36 bits per heavy atom. The number of nitrogens with two attached hydrogens (primary N) is 1. The fraction of sp³-hybridized carbons (Fsp3) is 0.400. The van der Waals surface area contributed by atoms with Gasteiger partial charge in [-0.15, -0.1) is 0 Å². The van der Waals surface area contributed by atoms with Crippen molar-refractivity contribution in [3.8, 4) is 0 Å². The highest BCUT2D eigenvalue weighted by Gasteiger charge is 2.29. The van der Waals surface area contributed by atoms with E-state index in [1.54, 1.807) is 0 Å². The number of hydrogen-bond acceptors (Lipinski definition) is 6. The molecule has 0 bridgehead atoms. The van der Waals surface area contributed by atoms with Crippen LogP contribution in [-0.4, -0.2) is 30.1 Å². The molecule has 0 atom stereocenters. The van der Waals surface area contributed by atoms with Crippen molar-refractivity contribution in [2.24, 2.45) is 10.9 Å². The minimum absolute atomic E-state index is 0.146. The molecule has 0 saturated heterocycles. The molecule has 0 unspecified atom stereocenters. The fourth-order valence-corrected chi connectivity index (χ4v) is 1.96. The second kappa shape index (κ2) is 6.05. The van der Waals surface area contributed by atoms with Crippen molar-refractivity contribution >= 4 is 11.5 Å². The lowest BCUT2D eigenvalue weighted by atomic mass is 10.2. The summed E-state index contributed by atoms with van der Waals surface area (Å²) in [6.07, 6.45) is 2.24. The first-order valence-corrected chi connectivity index (χ1v) is 7.19. The monoisotopic (exact) mass is 301 g/mol. The number of nitrogens with zero attached hydrogens (tertiary/aromatic N) is 4. The van der Waals surface area contributed by atoms with E-state index in [1.165, 1.54) is 0 Å². The van der Waals surface area contributed by atoms with Crippen LogP contribution in [0.25, 0.3) is 0 Å². The third kappa shape index (κ3) is 3.36. The molecule has 1 aliphatic carbocycles. The van der Waals surface area contributed by atoms with E-state index in [2.05, 4.69) is 15.3 Å². The van der Waals surface area contributed by atoms with E-state index in [9.17, 15) is 0 Å². The summed E-state index contributed by atoms with van der Waals surface area (Å²) >= 11 is 0. The molecule has 1 fully saturated rings. The highest BCUT2D eigenvalue weighted by atomic mass is 16.6. The largest absolute Gasteiger partial charge is 0.386 e. The van der Waals surface area contributed by atoms with Crippen LogP contribution >= 0.6 is 0 Å². The average Bonchev–Trinajstić information content (AvgIpc) is 3.27. The summed E-state index contributed by atoms with van der Waals surface area (Å²) in [4.78, 5) is 11.5. The summed E-state index contributed by atoms with van der Waals surface area (Å²) < 4.78 is 5.14. The van der Waals surface area contributed by atoms with Gasteiger partial charge in [0, 0.05) is 31.3 Å². The summed E-state index contributed by atoms with van der Waals surface area (Å²) in [7, 11) is 3.97. The van der Waals surface area contributed by atoms with Crippen molar-refractivity contribution in [1.29, 1.82) is 0 Å². The smallest absolute Gasteiger partial charge is 0.229 e. The Morgan fingerprint density at radius 2 is 2.09 bits per heavy atom. The second-order valence-corrected chi connectivity index (χ2v) is 5.51. The maximum absolute atomic E-state index is 5.90. The topological polar surface area (TPSA) is 89.8 Å². The van der Waals surface area contributed by atoms with Crippen LogP contribution in [-0.2, 0) is 11.4 Å². The normalized spacial score (nSPS) is 14.9. The third-order valence-corrected chi connectivity index (χ3v) is 3.45. The Morgan fingerprint density at radius 3 is 2.73 bits per heavy atom. The SMILES string of the molecule is CN(C)c1ccc(/C(N)=N/OCc2noc(C3CC3)n2)cc1. The molecule has 1 heterocycles. The van der Waals surface area contributed by atoms with E-state index in [1.807, 2.05) is 43.3 Å². The summed E-state index contributed by atoms with van der Waals surface area (Å²) in [5.74, 6) is 1.93. The summed E-state index contributed by atoms with van der Waals surface area (Å²) in [6, 6.07) is 7.74. The van der Waals surface area contributed by atoms with Crippen LogP contribution in [0.4, 0.5) is 5.69 Å². The molecule has 1 aliphatic rings. The van der Waals surface area contributed by atoms with Gasteiger partial charge in [0.25, 0.3) is 0 Å². The Bertz CT molecular complexity index is 659. The van der Waals surface area contributed by atoms with Gasteiger partial charge in [0.2, 0.25) is 11.7 Å². The lowest BCUT2D eigenvalue weighted by Gasteiger charge is -2.12. The molecule has 1 aromatic heterocycles. The van der Waals surface area contributed by atoms with Crippen molar-refractivity contribution in [3.63, 3.8) is 0 Å². The summed E-state index contributed by atoms with van der Waals surface area (Å²) in [6.45, 7) is 0.146. The minimum atomic E-state index is 0.146. The molecule has 7 nitrogen and oxygen atoms in total. The van der Waals surface area contributed by atoms with Crippen molar-refractivity contribution < 1.29 is 9.36 Å². The predicted octanol–water partition coefficient (Wildman–Crippen LogP) is 1.85. The van der Waals surface area contributed by atoms with Gasteiger partial charge < -0.3 is 20.0 Å². The first-order valence-electron chi connectivity index (χ1n) is 7.19. The van der Waals surface area contributed by atoms with Crippen LogP contribution < -0.4 is 10.6 Å². The van der Waals surface area contributed by atoms with Gasteiger partial charge >= 0.3 is 0 Å². The number of aromatic nitrogens is 2. The first-order chi connectivity index (χ1) is 10.6. The Balaban J connectivity index is 1.56. The molecule has 0 spiro atoms. The highest BCUT2D eigenvalue weighted by Crippen LogP contribution is 2.38. The molecule has 0 amide bonds. The minimum Gasteiger partial charge on any atom is -0.386 e. The van der Waals surface area contributed by atoms with Gasteiger partial charge in [-0.2, -0.15) is 4.98 Å². The van der Waals surface area contributed by atoms with Gasteiger partial charge in [0.05, 0.1) is 0 Å². The van der Waals surface area contributed by atoms with Crippen LogP contribution in [0.3, 0.4) is 0 Å². The van der Waals surface area contributed by atoms with E-state index in [0.29, 0.717) is 23.5 Å². The maximum Gasteiger partial charge on any atom is 0.229 e. The van der Waals surface area contributed by atoms with Crippen LogP contribution in [0.15, 0.2) is 33.9 Å². The molecule has 2 N–H and O–H groups in total. The van der Waals surface area contributed by atoms with Gasteiger partial charge in [-0.1, -0.05) is 10.3 Å². The van der Waals surface area contributed by atoms with Gasteiger partial charge in [-0.3, -0.25) is 0 Å².